The van der Waals surface area contributed by atoms with E-state index in [1.54, 1.807) is 0 Å². The quantitative estimate of drug-likeness (QED) is 0.904. The van der Waals surface area contributed by atoms with Crippen LogP contribution in [-0.4, -0.2) is 9.55 Å². The average Bonchev–Trinajstić information content (AvgIpc) is 2.64. The summed E-state index contributed by atoms with van der Waals surface area (Å²) in [5.41, 5.74) is 8.02. The number of imidazole rings is 1. The van der Waals surface area contributed by atoms with E-state index in [0.29, 0.717) is 5.02 Å². The third-order valence-electron chi connectivity index (χ3n) is 2.88. The van der Waals surface area contributed by atoms with Crippen LogP contribution in [0.25, 0.3) is 11.0 Å². The maximum Gasteiger partial charge on any atom is 0.126 e. The second kappa shape index (κ2) is 5.07. The molecule has 0 radical (unpaired) electrons. The fourth-order valence-corrected chi connectivity index (χ4v) is 2.19. The van der Waals surface area contributed by atoms with Crippen molar-refractivity contribution in [1.82, 2.24) is 9.55 Å². The molecule has 2 aromatic rings. The summed E-state index contributed by atoms with van der Waals surface area (Å²) in [6.45, 7) is 5.11. The molecular formula is C13H18ClN3. The molecule has 0 amide bonds. The number of nitrogens with two attached hydrogens (primary N) is 1. The zero-order valence-electron chi connectivity index (χ0n) is 10.3. The number of benzene rings is 1. The van der Waals surface area contributed by atoms with Gasteiger partial charge in [0.2, 0.25) is 0 Å². The van der Waals surface area contributed by atoms with Crippen molar-refractivity contribution in [2.24, 2.45) is 5.73 Å². The van der Waals surface area contributed by atoms with Crippen molar-refractivity contribution in [3.63, 3.8) is 0 Å². The molecule has 4 heteroatoms. The molecule has 0 aliphatic rings. The zero-order chi connectivity index (χ0) is 12.4. The molecule has 0 saturated heterocycles. The maximum atomic E-state index is 5.98. The molecule has 0 spiro atoms. The van der Waals surface area contributed by atoms with Crippen LogP contribution in [0.5, 0.6) is 0 Å². The first-order chi connectivity index (χ1) is 8.13. The van der Waals surface area contributed by atoms with Gasteiger partial charge < -0.3 is 10.3 Å². The molecule has 1 heterocycles. The predicted octanol–water partition coefficient (Wildman–Crippen LogP) is 3.51. The number of hydrogen-bond acceptors (Lipinski definition) is 2. The highest BCUT2D eigenvalue weighted by molar-refractivity contribution is 6.31. The van der Waals surface area contributed by atoms with Gasteiger partial charge >= 0.3 is 0 Å². The number of aromatic nitrogens is 2. The first-order valence-corrected chi connectivity index (χ1v) is 6.42. The normalized spacial score (nSPS) is 13.2. The lowest BCUT2D eigenvalue weighted by atomic mass is 10.3. The maximum absolute atomic E-state index is 5.98. The molecule has 1 atom stereocenters. The van der Waals surface area contributed by atoms with Crippen LogP contribution in [0.3, 0.4) is 0 Å². The molecule has 17 heavy (non-hydrogen) atoms. The Hall–Kier alpha value is -1.06. The summed E-state index contributed by atoms with van der Waals surface area (Å²) in [6, 6.07) is 5.76. The van der Waals surface area contributed by atoms with E-state index >= 15 is 0 Å². The minimum atomic E-state index is -0.0574. The Morgan fingerprint density at radius 3 is 2.88 bits per heavy atom. The fourth-order valence-electron chi connectivity index (χ4n) is 2.02. The SMILES string of the molecule is CCCCn1c(C(C)N)nc2cc(Cl)ccc21. The topological polar surface area (TPSA) is 43.8 Å². The Kier molecular flexibility index (Phi) is 3.69. The van der Waals surface area contributed by atoms with Crippen LogP contribution in [0.15, 0.2) is 18.2 Å². The predicted molar refractivity (Wildman–Crippen MR) is 72.3 cm³/mol. The molecule has 0 aliphatic heterocycles. The number of halogens is 1. The molecular weight excluding hydrogens is 234 g/mol. The lowest BCUT2D eigenvalue weighted by Gasteiger charge is -2.10. The largest absolute Gasteiger partial charge is 0.327 e. The van der Waals surface area contributed by atoms with Crippen molar-refractivity contribution >= 4 is 22.6 Å². The van der Waals surface area contributed by atoms with Crippen molar-refractivity contribution in [1.29, 1.82) is 0 Å². The molecule has 0 saturated carbocycles. The Labute approximate surface area is 107 Å². The van der Waals surface area contributed by atoms with Gasteiger partial charge in [-0.15, -0.1) is 0 Å². The summed E-state index contributed by atoms with van der Waals surface area (Å²) < 4.78 is 2.21. The molecule has 2 N–H and O–H groups in total. The van der Waals surface area contributed by atoms with Crippen LogP contribution in [-0.2, 0) is 6.54 Å². The highest BCUT2D eigenvalue weighted by Crippen LogP contribution is 2.23. The molecule has 1 unspecified atom stereocenters. The lowest BCUT2D eigenvalue weighted by molar-refractivity contribution is 0.588. The van der Waals surface area contributed by atoms with Crippen LogP contribution in [0, 0.1) is 0 Å². The van der Waals surface area contributed by atoms with Crippen LogP contribution in [0.2, 0.25) is 5.02 Å². The molecule has 3 nitrogen and oxygen atoms in total. The Bertz CT molecular complexity index is 517. The van der Waals surface area contributed by atoms with Gasteiger partial charge in [-0.1, -0.05) is 24.9 Å². The van der Waals surface area contributed by atoms with E-state index in [1.165, 1.54) is 0 Å². The van der Waals surface area contributed by atoms with Gasteiger partial charge in [0.25, 0.3) is 0 Å². The third kappa shape index (κ3) is 2.45. The molecule has 1 aromatic heterocycles. The Morgan fingerprint density at radius 2 is 2.24 bits per heavy atom. The highest BCUT2D eigenvalue weighted by Gasteiger charge is 2.13. The van der Waals surface area contributed by atoms with E-state index in [-0.39, 0.29) is 6.04 Å². The smallest absolute Gasteiger partial charge is 0.126 e. The molecule has 2 rings (SSSR count). The summed E-state index contributed by atoms with van der Waals surface area (Å²) >= 11 is 5.98. The highest BCUT2D eigenvalue weighted by atomic mass is 35.5. The Morgan fingerprint density at radius 1 is 1.47 bits per heavy atom. The number of aryl methyl sites for hydroxylation is 1. The van der Waals surface area contributed by atoms with Crippen LogP contribution >= 0.6 is 11.6 Å². The monoisotopic (exact) mass is 251 g/mol. The van der Waals surface area contributed by atoms with Gasteiger partial charge in [0.15, 0.2) is 0 Å². The Balaban J connectivity index is 2.54. The minimum Gasteiger partial charge on any atom is -0.327 e. The van der Waals surface area contributed by atoms with Crippen molar-refractivity contribution in [2.75, 3.05) is 0 Å². The molecule has 0 bridgehead atoms. The van der Waals surface area contributed by atoms with Crippen LogP contribution in [0.1, 0.15) is 38.6 Å². The van der Waals surface area contributed by atoms with Crippen molar-refractivity contribution in [2.45, 2.75) is 39.3 Å². The average molecular weight is 252 g/mol. The van der Waals surface area contributed by atoms with Crippen molar-refractivity contribution < 1.29 is 0 Å². The van der Waals surface area contributed by atoms with Crippen molar-refractivity contribution in [3.8, 4) is 0 Å². The summed E-state index contributed by atoms with van der Waals surface area (Å²) in [5.74, 6) is 0.940. The number of nitrogens with zero attached hydrogens (tertiary/aromatic N) is 2. The van der Waals surface area contributed by atoms with E-state index in [1.807, 2.05) is 25.1 Å². The van der Waals surface area contributed by atoms with E-state index < -0.39 is 0 Å². The van der Waals surface area contributed by atoms with Gasteiger partial charge in [-0.2, -0.15) is 0 Å². The minimum absolute atomic E-state index is 0.0574. The van der Waals surface area contributed by atoms with Gasteiger partial charge in [0.1, 0.15) is 5.82 Å². The second-order valence-corrected chi connectivity index (χ2v) is 4.83. The lowest BCUT2D eigenvalue weighted by Crippen LogP contribution is -2.13. The fraction of sp³-hybridized carbons (Fsp3) is 0.462. The zero-order valence-corrected chi connectivity index (χ0v) is 11.0. The van der Waals surface area contributed by atoms with Crippen molar-refractivity contribution in [3.05, 3.63) is 29.0 Å². The number of unbranched alkanes of at least 4 members (excludes halogenated alkanes) is 1. The van der Waals surface area contributed by atoms with E-state index in [4.69, 9.17) is 17.3 Å². The molecule has 0 fully saturated rings. The van der Waals surface area contributed by atoms with E-state index in [0.717, 1.165) is 36.2 Å². The van der Waals surface area contributed by atoms with Gasteiger partial charge in [0.05, 0.1) is 17.1 Å². The van der Waals surface area contributed by atoms with E-state index in [9.17, 15) is 0 Å². The van der Waals surface area contributed by atoms with Gasteiger partial charge in [-0.05, 0) is 31.5 Å². The van der Waals surface area contributed by atoms with E-state index in [2.05, 4.69) is 16.5 Å². The first kappa shape index (κ1) is 12.4. The summed E-state index contributed by atoms with van der Waals surface area (Å²) in [7, 11) is 0. The summed E-state index contributed by atoms with van der Waals surface area (Å²) in [5, 5.41) is 0.717. The first-order valence-electron chi connectivity index (χ1n) is 6.04. The third-order valence-corrected chi connectivity index (χ3v) is 3.12. The van der Waals surface area contributed by atoms with Gasteiger partial charge in [-0.3, -0.25) is 0 Å². The number of fused-ring (bicyclic) bond motifs is 1. The molecule has 92 valence electrons. The standard InChI is InChI=1S/C13H18ClN3/c1-3-4-7-17-12-6-5-10(14)8-11(12)16-13(17)9(2)15/h5-6,8-9H,3-4,7,15H2,1-2H3. The summed E-state index contributed by atoms with van der Waals surface area (Å²) in [4.78, 5) is 4.58. The summed E-state index contributed by atoms with van der Waals surface area (Å²) in [6.07, 6.45) is 2.29. The number of hydrogen-bond donors (Lipinski definition) is 1. The number of rotatable bonds is 4. The van der Waals surface area contributed by atoms with Crippen LogP contribution in [0.4, 0.5) is 0 Å². The van der Waals surface area contributed by atoms with Crippen LogP contribution < -0.4 is 5.73 Å². The second-order valence-electron chi connectivity index (χ2n) is 4.40. The van der Waals surface area contributed by atoms with Gasteiger partial charge in [-0.25, -0.2) is 4.98 Å². The molecule has 0 aliphatic carbocycles. The molecule has 1 aromatic carbocycles. The van der Waals surface area contributed by atoms with Gasteiger partial charge in [0, 0.05) is 11.6 Å².